The molecule has 2 rings (SSSR count). The van der Waals surface area contributed by atoms with Crippen molar-refractivity contribution in [2.45, 2.75) is 18.2 Å². The van der Waals surface area contributed by atoms with Crippen LogP contribution in [-0.4, -0.2) is 23.9 Å². The van der Waals surface area contributed by atoms with Crippen LogP contribution in [0.3, 0.4) is 0 Å². The number of benzene rings is 1. The zero-order valence-electron chi connectivity index (χ0n) is 13.8. The van der Waals surface area contributed by atoms with Gasteiger partial charge in [0.15, 0.2) is 4.90 Å². The Morgan fingerprint density at radius 1 is 1.04 bits per heavy atom. The number of alkyl halides is 3. The molecule has 0 aliphatic rings. The summed E-state index contributed by atoms with van der Waals surface area (Å²) < 4.78 is 68.9. The van der Waals surface area contributed by atoms with E-state index in [4.69, 9.17) is 0 Å². The summed E-state index contributed by atoms with van der Waals surface area (Å²) in [6, 6.07) is 3.91. The van der Waals surface area contributed by atoms with Crippen molar-refractivity contribution in [1.82, 2.24) is 9.13 Å². The molecular formula is C14H14F3N3O5S. The first-order valence-electron chi connectivity index (χ1n) is 6.99. The van der Waals surface area contributed by atoms with E-state index in [0.29, 0.717) is 4.57 Å². The molecular weight excluding hydrogens is 379 g/mol. The lowest BCUT2D eigenvalue weighted by molar-refractivity contribution is -0.274. The van der Waals surface area contributed by atoms with Gasteiger partial charge < -0.3 is 4.74 Å². The maximum atomic E-state index is 12.5. The van der Waals surface area contributed by atoms with E-state index in [2.05, 4.69) is 9.46 Å². The number of hydrogen-bond donors (Lipinski definition) is 1. The Morgan fingerprint density at radius 2 is 1.58 bits per heavy atom. The van der Waals surface area contributed by atoms with Gasteiger partial charge >= 0.3 is 12.1 Å². The highest BCUT2D eigenvalue weighted by atomic mass is 32.2. The molecule has 0 amide bonds. The summed E-state index contributed by atoms with van der Waals surface area (Å²) >= 11 is 0. The zero-order valence-corrected chi connectivity index (χ0v) is 14.6. The van der Waals surface area contributed by atoms with E-state index in [1.54, 1.807) is 0 Å². The van der Waals surface area contributed by atoms with Crippen LogP contribution in [0.25, 0.3) is 0 Å². The van der Waals surface area contributed by atoms with Gasteiger partial charge in [-0.15, -0.1) is 13.2 Å². The number of aromatic nitrogens is 2. The van der Waals surface area contributed by atoms with E-state index in [9.17, 15) is 31.2 Å². The Kier molecular flexibility index (Phi) is 4.90. The molecule has 0 radical (unpaired) electrons. The third-order valence-electron chi connectivity index (χ3n) is 3.51. The van der Waals surface area contributed by atoms with Crippen molar-refractivity contribution >= 4 is 15.7 Å². The molecule has 8 nitrogen and oxygen atoms in total. The molecule has 0 aliphatic carbocycles. The predicted molar refractivity (Wildman–Crippen MR) is 85.6 cm³/mol. The molecule has 12 heteroatoms. The average Bonchev–Trinajstić information content (AvgIpc) is 2.51. The average molecular weight is 393 g/mol. The number of halogens is 3. The molecule has 0 atom stereocenters. The van der Waals surface area contributed by atoms with Crippen molar-refractivity contribution in [3.8, 4) is 5.75 Å². The van der Waals surface area contributed by atoms with E-state index in [1.807, 2.05) is 0 Å². The molecule has 1 aromatic carbocycles. The number of anilines is 1. The SMILES string of the molecule is Cc1c(S(=O)(=O)Nc2ccc(OC(F)(F)F)cc2)c(=O)n(C)c(=O)n1C. The van der Waals surface area contributed by atoms with E-state index in [1.165, 1.54) is 14.0 Å². The Bertz CT molecular complexity index is 1050. The summed E-state index contributed by atoms with van der Waals surface area (Å²) in [5, 5.41) is 0. The van der Waals surface area contributed by atoms with Crippen LogP contribution in [0.4, 0.5) is 18.9 Å². The quantitative estimate of drug-likeness (QED) is 0.839. The fraction of sp³-hybridized carbons (Fsp3) is 0.286. The molecule has 0 saturated heterocycles. The second kappa shape index (κ2) is 6.52. The molecule has 0 saturated carbocycles. The largest absolute Gasteiger partial charge is 0.573 e. The van der Waals surface area contributed by atoms with E-state index >= 15 is 0 Å². The molecule has 0 fully saturated rings. The van der Waals surface area contributed by atoms with Gasteiger partial charge in [-0.2, -0.15) is 0 Å². The summed E-state index contributed by atoms with van der Waals surface area (Å²) in [5.41, 5.74) is -1.88. The Hall–Kier alpha value is -2.76. The molecule has 1 N–H and O–H groups in total. The summed E-state index contributed by atoms with van der Waals surface area (Å²) in [5.74, 6) is -0.533. The number of rotatable bonds is 4. The van der Waals surface area contributed by atoms with E-state index in [-0.39, 0.29) is 11.4 Å². The van der Waals surface area contributed by atoms with Crippen LogP contribution in [0.15, 0.2) is 38.8 Å². The van der Waals surface area contributed by atoms with Crippen molar-refractivity contribution < 1.29 is 26.3 Å². The van der Waals surface area contributed by atoms with Gasteiger partial charge in [0.05, 0.1) is 0 Å². The highest BCUT2D eigenvalue weighted by Crippen LogP contribution is 2.24. The molecule has 0 spiro atoms. The monoisotopic (exact) mass is 393 g/mol. The molecule has 0 unspecified atom stereocenters. The van der Waals surface area contributed by atoms with Gasteiger partial charge in [-0.05, 0) is 31.2 Å². The van der Waals surface area contributed by atoms with Crippen molar-refractivity contribution in [3.63, 3.8) is 0 Å². The Morgan fingerprint density at radius 3 is 2.08 bits per heavy atom. The summed E-state index contributed by atoms with van der Waals surface area (Å²) in [4.78, 5) is 23.4. The summed E-state index contributed by atoms with van der Waals surface area (Å²) in [7, 11) is -1.95. The van der Waals surface area contributed by atoms with Gasteiger partial charge in [0.25, 0.3) is 15.6 Å². The smallest absolute Gasteiger partial charge is 0.406 e. The standard InChI is InChI=1S/C14H14F3N3O5S/c1-8-11(12(21)20(3)13(22)19(8)2)26(23,24)18-9-4-6-10(7-5-9)25-14(15,16)17/h4-7,18H,1-3H3. The van der Waals surface area contributed by atoms with Crippen molar-refractivity contribution in [2.24, 2.45) is 14.1 Å². The summed E-state index contributed by atoms with van der Waals surface area (Å²) in [6.45, 7) is 1.29. The lowest BCUT2D eigenvalue weighted by Crippen LogP contribution is -2.42. The highest BCUT2D eigenvalue weighted by molar-refractivity contribution is 7.92. The van der Waals surface area contributed by atoms with E-state index in [0.717, 1.165) is 35.9 Å². The number of nitrogens with zero attached hydrogens (tertiary/aromatic N) is 2. The normalized spacial score (nSPS) is 12.1. The molecule has 0 aliphatic heterocycles. The topological polar surface area (TPSA) is 99.4 Å². The summed E-state index contributed by atoms with van der Waals surface area (Å²) in [6.07, 6.45) is -4.88. The van der Waals surface area contributed by atoms with Crippen molar-refractivity contribution in [2.75, 3.05) is 4.72 Å². The number of ether oxygens (including phenoxy) is 1. The molecule has 1 heterocycles. The van der Waals surface area contributed by atoms with Crippen LogP contribution in [0, 0.1) is 6.92 Å². The molecule has 0 bridgehead atoms. The van der Waals surface area contributed by atoms with Crippen LogP contribution in [0.5, 0.6) is 5.75 Å². The second-order valence-electron chi connectivity index (χ2n) is 5.30. The van der Waals surface area contributed by atoms with Crippen molar-refractivity contribution in [1.29, 1.82) is 0 Å². The number of nitrogens with one attached hydrogen (secondary N) is 1. The highest BCUT2D eigenvalue weighted by Gasteiger charge is 2.31. The fourth-order valence-electron chi connectivity index (χ4n) is 2.15. The van der Waals surface area contributed by atoms with Crippen LogP contribution in [-0.2, 0) is 24.1 Å². The predicted octanol–water partition coefficient (Wildman–Crippen LogP) is 1.09. The van der Waals surface area contributed by atoms with Crippen LogP contribution >= 0.6 is 0 Å². The van der Waals surface area contributed by atoms with Gasteiger partial charge in [0.1, 0.15) is 5.75 Å². The van der Waals surface area contributed by atoms with Gasteiger partial charge in [0, 0.05) is 25.5 Å². The third-order valence-corrected chi connectivity index (χ3v) is 5.03. The van der Waals surface area contributed by atoms with Gasteiger partial charge in [0.2, 0.25) is 0 Å². The number of hydrogen-bond acceptors (Lipinski definition) is 5. The maximum Gasteiger partial charge on any atom is 0.573 e. The second-order valence-corrected chi connectivity index (χ2v) is 6.92. The number of sulfonamides is 1. The van der Waals surface area contributed by atoms with Gasteiger partial charge in [-0.1, -0.05) is 0 Å². The first kappa shape index (κ1) is 19.6. The fourth-order valence-corrected chi connectivity index (χ4v) is 3.60. The lowest BCUT2D eigenvalue weighted by Gasteiger charge is -2.14. The minimum atomic E-state index is -4.88. The molecule has 142 valence electrons. The van der Waals surface area contributed by atoms with Gasteiger partial charge in [-0.3, -0.25) is 18.7 Å². The van der Waals surface area contributed by atoms with Crippen molar-refractivity contribution in [3.05, 3.63) is 50.8 Å². The van der Waals surface area contributed by atoms with Gasteiger partial charge in [-0.25, -0.2) is 13.2 Å². The zero-order chi connectivity index (χ0) is 19.9. The molecule has 2 aromatic rings. The Labute approximate surface area is 145 Å². The van der Waals surface area contributed by atoms with Crippen LogP contribution in [0.1, 0.15) is 5.69 Å². The molecule has 26 heavy (non-hydrogen) atoms. The third kappa shape index (κ3) is 3.90. The maximum absolute atomic E-state index is 12.5. The lowest BCUT2D eigenvalue weighted by atomic mass is 10.3. The minimum Gasteiger partial charge on any atom is -0.406 e. The minimum absolute atomic E-state index is 0.0809. The molecule has 1 aromatic heterocycles. The first-order valence-corrected chi connectivity index (χ1v) is 8.47. The van der Waals surface area contributed by atoms with E-state index < -0.39 is 38.3 Å². The first-order chi connectivity index (χ1) is 11.8. The van der Waals surface area contributed by atoms with Crippen LogP contribution in [0.2, 0.25) is 0 Å². The van der Waals surface area contributed by atoms with Crippen LogP contribution < -0.4 is 20.7 Å². The Balaban J connectivity index is 2.42.